The molecule has 1 heterocycles. The third-order valence-corrected chi connectivity index (χ3v) is 5.49. The topological polar surface area (TPSA) is 70.7 Å². The number of nitrogens with one attached hydrogen (secondary N) is 2. The van der Waals surface area contributed by atoms with E-state index in [1.54, 1.807) is 12.1 Å². The number of halogens is 1. The van der Waals surface area contributed by atoms with Crippen LogP contribution in [-0.2, 0) is 9.53 Å². The van der Waals surface area contributed by atoms with Crippen molar-refractivity contribution in [1.82, 2.24) is 15.5 Å². The van der Waals surface area contributed by atoms with Crippen LogP contribution in [0.1, 0.15) is 34.8 Å². The highest BCUT2D eigenvalue weighted by atomic mass is 35.5. The van der Waals surface area contributed by atoms with E-state index in [0.29, 0.717) is 49.7 Å². The molecular formula is C23H28ClN3O3. The zero-order valence-electron chi connectivity index (χ0n) is 17.0. The van der Waals surface area contributed by atoms with E-state index in [-0.39, 0.29) is 17.9 Å². The van der Waals surface area contributed by atoms with E-state index < -0.39 is 0 Å². The third-order valence-electron chi connectivity index (χ3n) is 5.15. The van der Waals surface area contributed by atoms with Gasteiger partial charge >= 0.3 is 0 Å². The lowest BCUT2D eigenvalue weighted by atomic mass is 10.0. The van der Waals surface area contributed by atoms with Gasteiger partial charge in [0.15, 0.2) is 0 Å². The zero-order chi connectivity index (χ0) is 21.2. The molecule has 30 heavy (non-hydrogen) atoms. The van der Waals surface area contributed by atoms with Crippen LogP contribution in [0.3, 0.4) is 0 Å². The standard InChI is InChI=1S/C23H28ClN3O3/c24-20-10-5-4-9-19(20)21(27-13-15-30-16-14-27)17-26-22(28)11-6-12-25-23(29)18-7-2-1-3-8-18/h1-5,7-10,21H,6,11-17H2,(H,25,29)(H,26,28). The summed E-state index contributed by atoms with van der Waals surface area (Å²) >= 11 is 6.43. The van der Waals surface area contributed by atoms with Gasteiger partial charge in [-0.3, -0.25) is 14.5 Å². The van der Waals surface area contributed by atoms with Crippen LogP contribution in [0.25, 0.3) is 0 Å². The first-order valence-electron chi connectivity index (χ1n) is 10.3. The highest BCUT2D eigenvalue weighted by molar-refractivity contribution is 6.31. The number of benzene rings is 2. The molecule has 0 saturated carbocycles. The van der Waals surface area contributed by atoms with E-state index in [0.717, 1.165) is 18.7 Å². The molecular weight excluding hydrogens is 402 g/mol. The summed E-state index contributed by atoms with van der Waals surface area (Å²) in [5.74, 6) is -0.156. The summed E-state index contributed by atoms with van der Waals surface area (Å²) in [5, 5.41) is 6.58. The monoisotopic (exact) mass is 429 g/mol. The van der Waals surface area contributed by atoms with Gasteiger partial charge in [-0.05, 0) is 30.2 Å². The van der Waals surface area contributed by atoms with Crippen LogP contribution in [0.2, 0.25) is 5.02 Å². The summed E-state index contributed by atoms with van der Waals surface area (Å²) in [6.07, 6.45) is 0.937. The van der Waals surface area contributed by atoms with Crippen molar-refractivity contribution in [2.24, 2.45) is 0 Å². The van der Waals surface area contributed by atoms with Crippen molar-refractivity contribution in [2.75, 3.05) is 39.4 Å². The van der Waals surface area contributed by atoms with Crippen molar-refractivity contribution in [3.05, 3.63) is 70.7 Å². The second kappa shape index (κ2) is 11.7. The lowest BCUT2D eigenvalue weighted by molar-refractivity contribution is -0.121. The van der Waals surface area contributed by atoms with Crippen LogP contribution in [-0.4, -0.2) is 56.1 Å². The maximum Gasteiger partial charge on any atom is 0.251 e. The molecule has 1 saturated heterocycles. The fraction of sp³-hybridized carbons (Fsp3) is 0.391. The number of morpholine rings is 1. The molecule has 7 heteroatoms. The van der Waals surface area contributed by atoms with E-state index >= 15 is 0 Å². The summed E-state index contributed by atoms with van der Waals surface area (Å²) in [5.41, 5.74) is 1.63. The van der Waals surface area contributed by atoms with Crippen molar-refractivity contribution in [3.63, 3.8) is 0 Å². The molecule has 0 aromatic heterocycles. The molecule has 160 valence electrons. The lowest BCUT2D eigenvalue weighted by Gasteiger charge is -2.35. The van der Waals surface area contributed by atoms with Crippen LogP contribution < -0.4 is 10.6 Å². The van der Waals surface area contributed by atoms with Gasteiger partial charge < -0.3 is 15.4 Å². The van der Waals surface area contributed by atoms with Gasteiger partial charge in [0.25, 0.3) is 5.91 Å². The van der Waals surface area contributed by atoms with Crippen molar-refractivity contribution in [2.45, 2.75) is 18.9 Å². The van der Waals surface area contributed by atoms with E-state index in [1.807, 2.05) is 42.5 Å². The number of nitrogens with zero attached hydrogens (tertiary/aromatic N) is 1. The van der Waals surface area contributed by atoms with Crippen molar-refractivity contribution >= 4 is 23.4 Å². The highest BCUT2D eigenvalue weighted by Crippen LogP contribution is 2.27. The smallest absolute Gasteiger partial charge is 0.251 e. The van der Waals surface area contributed by atoms with Crippen LogP contribution in [0, 0.1) is 0 Å². The molecule has 0 aliphatic carbocycles. The normalized spacial score (nSPS) is 15.4. The molecule has 0 bridgehead atoms. The minimum absolute atomic E-state index is 0.00401. The van der Waals surface area contributed by atoms with Crippen molar-refractivity contribution < 1.29 is 14.3 Å². The number of hydrogen-bond acceptors (Lipinski definition) is 4. The fourth-order valence-corrected chi connectivity index (χ4v) is 3.77. The van der Waals surface area contributed by atoms with E-state index in [1.165, 1.54) is 0 Å². The highest BCUT2D eigenvalue weighted by Gasteiger charge is 2.24. The maximum absolute atomic E-state index is 12.4. The molecule has 0 spiro atoms. The first-order chi connectivity index (χ1) is 14.6. The summed E-state index contributed by atoms with van der Waals surface area (Å²) in [6.45, 7) is 3.90. The molecule has 1 atom stereocenters. The Morgan fingerprint density at radius 1 is 1.00 bits per heavy atom. The second-order valence-electron chi connectivity index (χ2n) is 7.22. The summed E-state index contributed by atoms with van der Waals surface area (Å²) < 4.78 is 5.46. The Hall–Kier alpha value is -2.41. The number of carbonyl (C=O) groups is 2. The van der Waals surface area contributed by atoms with E-state index in [4.69, 9.17) is 16.3 Å². The van der Waals surface area contributed by atoms with Crippen molar-refractivity contribution in [1.29, 1.82) is 0 Å². The number of amides is 2. The Morgan fingerprint density at radius 2 is 1.70 bits per heavy atom. The van der Waals surface area contributed by atoms with Gasteiger partial charge in [-0.1, -0.05) is 48.0 Å². The quantitative estimate of drug-likeness (QED) is 0.601. The van der Waals surface area contributed by atoms with Gasteiger partial charge in [0.2, 0.25) is 5.91 Å². The molecule has 1 aliphatic heterocycles. The van der Waals surface area contributed by atoms with Gasteiger partial charge in [0.1, 0.15) is 0 Å². The van der Waals surface area contributed by atoms with Gasteiger partial charge in [0, 0.05) is 43.2 Å². The zero-order valence-corrected chi connectivity index (χ0v) is 17.7. The average molecular weight is 430 g/mol. The molecule has 2 aromatic rings. The van der Waals surface area contributed by atoms with Crippen LogP contribution in [0.15, 0.2) is 54.6 Å². The minimum Gasteiger partial charge on any atom is -0.379 e. The predicted octanol–water partition coefficient (Wildman–Crippen LogP) is 3.04. The van der Waals surface area contributed by atoms with Crippen molar-refractivity contribution in [3.8, 4) is 0 Å². The first-order valence-corrected chi connectivity index (χ1v) is 10.7. The van der Waals surface area contributed by atoms with Crippen LogP contribution >= 0.6 is 11.6 Å². The van der Waals surface area contributed by atoms with Crippen LogP contribution in [0.5, 0.6) is 0 Å². The largest absolute Gasteiger partial charge is 0.379 e. The molecule has 0 radical (unpaired) electrons. The van der Waals surface area contributed by atoms with Gasteiger partial charge in [-0.15, -0.1) is 0 Å². The summed E-state index contributed by atoms with van der Waals surface area (Å²) in [4.78, 5) is 26.7. The van der Waals surface area contributed by atoms with Gasteiger partial charge in [0.05, 0.1) is 19.3 Å². The Kier molecular flexibility index (Phi) is 8.68. The Labute approximate surface area is 182 Å². The fourth-order valence-electron chi connectivity index (χ4n) is 3.51. The van der Waals surface area contributed by atoms with Crippen LogP contribution in [0.4, 0.5) is 0 Å². The second-order valence-corrected chi connectivity index (χ2v) is 7.62. The molecule has 1 unspecified atom stereocenters. The summed E-state index contributed by atoms with van der Waals surface area (Å²) in [6, 6.07) is 16.8. The SMILES string of the molecule is O=C(CCCNC(=O)c1ccccc1)NCC(c1ccccc1Cl)N1CCOCC1. The molecule has 2 amide bonds. The van der Waals surface area contributed by atoms with E-state index in [2.05, 4.69) is 15.5 Å². The molecule has 1 aliphatic rings. The molecule has 1 fully saturated rings. The minimum atomic E-state index is -0.123. The molecule has 3 rings (SSSR count). The Balaban J connectivity index is 1.46. The van der Waals surface area contributed by atoms with E-state index in [9.17, 15) is 9.59 Å². The predicted molar refractivity (Wildman–Crippen MR) is 118 cm³/mol. The summed E-state index contributed by atoms with van der Waals surface area (Å²) in [7, 11) is 0. The van der Waals surface area contributed by atoms with Gasteiger partial charge in [-0.2, -0.15) is 0 Å². The Bertz CT molecular complexity index is 825. The van der Waals surface area contributed by atoms with Gasteiger partial charge in [-0.25, -0.2) is 0 Å². The molecule has 6 nitrogen and oxygen atoms in total. The third kappa shape index (κ3) is 6.55. The first kappa shape index (κ1) is 22.3. The maximum atomic E-state index is 12.4. The number of rotatable bonds is 9. The molecule has 2 N–H and O–H groups in total. The number of carbonyl (C=O) groups excluding carboxylic acids is 2. The average Bonchev–Trinajstić information content (AvgIpc) is 2.79. The lowest BCUT2D eigenvalue weighted by Crippen LogP contribution is -2.44. The number of hydrogen-bond donors (Lipinski definition) is 2. The Morgan fingerprint density at radius 3 is 2.43 bits per heavy atom. The molecule has 2 aromatic carbocycles. The number of ether oxygens (including phenoxy) is 1.